The topological polar surface area (TPSA) is 92.0 Å². The van der Waals surface area contributed by atoms with Crippen molar-refractivity contribution in [3.63, 3.8) is 0 Å². The molecule has 30 heavy (non-hydrogen) atoms. The van der Waals surface area contributed by atoms with E-state index in [1.165, 1.54) is 0 Å². The van der Waals surface area contributed by atoms with Crippen LogP contribution in [0.25, 0.3) is 33.3 Å². The van der Waals surface area contributed by atoms with Gasteiger partial charge < -0.3 is 15.3 Å². The number of nitrogens with one attached hydrogen (secondary N) is 1. The smallest absolute Gasteiger partial charge is 0.178 e. The van der Waals surface area contributed by atoms with E-state index in [0.717, 1.165) is 40.9 Å². The second kappa shape index (κ2) is 6.91. The number of hydrogen-bond donors (Lipinski definition) is 2. The highest BCUT2D eigenvalue weighted by atomic mass is 16.3. The van der Waals surface area contributed by atoms with E-state index in [4.69, 9.17) is 4.98 Å². The highest BCUT2D eigenvalue weighted by Crippen LogP contribution is 2.36. The molecule has 1 saturated heterocycles. The monoisotopic (exact) mass is 403 g/mol. The third-order valence-electron chi connectivity index (χ3n) is 5.67. The van der Waals surface area contributed by atoms with Crippen molar-refractivity contribution in [1.82, 2.24) is 30.0 Å². The van der Waals surface area contributed by atoms with Gasteiger partial charge in [-0.2, -0.15) is 5.10 Å². The first-order chi connectivity index (χ1) is 14.4. The number of hydrogen-bond acceptors (Lipinski definition) is 7. The zero-order valence-corrected chi connectivity index (χ0v) is 17.6. The van der Waals surface area contributed by atoms with Gasteiger partial charge in [-0.05, 0) is 39.0 Å². The van der Waals surface area contributed by atoms with Gasteiger partial charge in [-0.25, -0.2) is 15.0 Å². The molecule has 1 fully saturated rings. The van der Waals surface area contributed by atoms with Crippen molar-refractivity contribution in [1.29, 1.82) is 0 Å². The van der Waals surface area contributed by atoms with Crippen LogP contribution in [0, 0.1) is 6.92 Å². The maximum atomic E-state index is 10.8. The molecule has 0 spiro atoms. The van der Waals surface area contributed by atoms with Crippen LogP contribution in [0.4, 0.5) is 5.82 Å². The minimum atomic E-state index is 0.196. The second-order valence-corrected chi connectivity index (χ2v) is 8.28. The summed E-state index contributed by atoms with van der Waals surface area (Å²) in [6.07, 6.45) is 3.73. The van der Waals surface area contributed by atoms with Gasteiger partial charge in [0.15, 0.2) is 5.65 Å². The summed E-state index contributed by atoms with van der Waals surface area (Å²) >= 11 is 0. The summed E-state index contributed by atoms with van der Waals surface area (Å²) in [5, 5.41) is 19.7. The first kappa shape index (κ1) is 18.7. The van der Waals surface area contributed by atoms with Crippen molar-refractivity contribution in [3.8, 4) is 17.0 Å². The lowest BCUT2D eigenvalue weighted by Crippen LogP contribution is -2.54. The van der Waals surface area contributed by atoms with E-state index in [0.29, 0.717) is 29.0 Å². The maximum absolute atomic E-state index is 10.8. The number of phenolic OH excluding ortho intramolecular Hbond substituents is 1. The van der Waals surface area contributed by atoms with Gasteiger partial charge in [-0.1, -0.05) is 0 Å². The number of fused-ring (bicyclic) bond motifs is 2. The molecule has 2 atom stereocenters. The maximum Gasteiger partial charge on any atom is 0.178 e. The van der Waals surface area contributed by atoms with E-state index in [9.17, 15) is 5.11 Å². The van der Waals surface area contributed by atoms with Crippen LogP contribution in [0.1, 0.15) is 19.4 Å². The summed E-state index contributed by atoms with van der Waals surface area (Å²) in [7, 11) is 1.87. The zero-order valence-electron chi connectivity index (χ0n) is 17.6. The molecule has 4 aromatic rings. The molecule has 2 unspecified atom stereocenters. The number of pyridine rings is 1. The Morgan fingerprint density at radius 3 is 2.67 bits per heavy atom. The van der Waals surface area contributed by atoms with Crippen molar-refractivity contribution in [2.45, 2.75) is 32.9 Å². The lowest BCUT2D eigenvalue weighted by atomic mass is 10.0. The molecular formula is C22H25N7O. The van der Waals surface area contributed by atoms with Gasteiger partial charge in [0.2, 0.25) is 0 Å². The van der Waals surface area contributed by atoms with Gasteiger partial charge >= 0.3 is 0 Å². The van der Waals surface area contributed by atoms with Crippen LogP contribution < -0.4 is 10.2 Å². The standard InChI is InChI=1S/C22H25N7O/c1-12-9-29(10-13(2)24-12)19-8-23-22-18(25-19)6-5-17(26-22)16-7-15-11-28(4)27-20(15)14(3)21(16)30/h5-8,11-13,24,30H,9-10H2,1-4H3. The Bertz CT molecular complexity index is 1260. The molecule has 8 nitrogen and oxygen atoms in total. The fourth-order valence-electron chi connectivity index (χ4n) is 4.35. The highest BCUT2D eigenvalue weighted by molar-refractivity contribution is 5.91. The molecule has 154 valence electrons. The second-order valence-electron chi connectivity index (χ2n) is 8.28. The normalized spacial score (nSPS) is 19.7. The SMILES string of the molecule is Cc1c(O)c(-c2ccc3nc(N4CC(C)NC(C)C4)cnc3n2)cc2cn(C)nc12. The molecule has 1 aromatic carbocycles. The molecule has 5 rings (SSSR count). The Labute approximate surface area is 174 Å². The first-order valence-corrected chi connectivity index (χ1v) is 10.2. The Morgan fingerprint density at radius 1 is 1.13 bits per heavy atom. The van der Waals surface area contributed by atoms with Gasteiger partial charge in [-0.15, -0.1) is 0 Å². The van der Waals surface area contributed by atoms with E-state index >= 15 is 0 Å². The summed E-state index contributed by atoms with van der Waals surface area (Å²) in [6, 6.07) is 6.54. The number of benzene rings is 1. The summed E-state index contributed by atoms with van der Waals surface area (Å²) in [4.78, 5) is 16.3. The number of piperazine rings is 1. The molecule has 0 aliphatic carbocycles. The fraction of sp³-hybridized carbons (Fsp3) is 0.364. The van der Waals surface area contributed by atoms with Crippen LogP contribution in [0.5, 0.6) is 5.75 Å². The van der Waals surface area contributed by atoms with E-state index in [-0.39, 0.29) is 5.75 Å². The minimum Gasteiger partial charge on any atom is -0.507 e. The third kappa shape index (κ3) is 3.13. The molecule has 3 aromatic heterocycles. The Hall–Kier alpha value is -3.26. The molecule has 1 aliphatic heterocycles. The van der Waals surface area contributed by atoms with Crippen molar-refractivity contribution in [3.05, 3.63) is 36.2 Å². The molecule has 2 N–H and O–H groups in total. The average molecular weight is 403 g/mol. The Morgan fingerprint density at radius 2 is 1.90 bits per heavy atom. The molecule has 1 aliphatic rings. The number of rotatable bonds is 2. The molecule has 0 saturated carbocycles. The minimum absolute atomic E-state index is 0.196. The molecule has 8 heteroatoms. The van der Waals surface area contributed by atoms with E-state index in [1.807, 2.05) is 38.4 Å². The zero-order chi connectivity index (χ0) is 21.0. The van der Waals surface area contributed by atoms with E-state index < -0.39 is 0 Å². The van der Waals surface area contributed by atoms with Crippen molar-refractivity contribution in [2.24, 2.45) is 7.05 Å². The lowest BCUT2D eigenvalue weighted by molar-refractivity contribution is 0.405. The predicted octanol–water partition coefficient (Wildman–Crippen LogP) is 2.78. The number of phenols is 1. The van der Waals surface area contributed by atoms with Gasteiger partial charge in [0.25, 0.3) is 0 Å². The lowest BCUT2D eigenvalue weighted by Gasteiger charge is -2.36. The van der Waals surface area contributed by atoms with Gasteiger partial charge in [-0.3, -0.25) is 4.68 Å². The van der Waals surface area contributed by atoms with Crippen LogP contribution >= 0.6 is 0 Å². The Kier molecular flexibility index (Phi) is 4.32. The number of aromatic nitrogens is 5. The van der Waals surface area contributed by atoms with Crippen LogP contribution in [0.2, 0.25) is 0 Å². The average Bonchev–Trinajstić information content (AvgIpc) is 3.10. The van der Waals surface area contributed by atoms with Gasteiger partial charge in [0.05, 0.1) is 17.4 Å². The largest absolute Gasteiger partial charge is 0.507 e. The number of aryl methyl sites for hydroxylation is 2. The Balaban J connectivity index is 1.55. The molecule has 0 radical (unpaired) electrons. The molecular weight excluding hydrogens is 378 g/mol. The highest BCUT2D eigenvalue weighted by Gasteiger charge is 2.22. The predicted molar refractivity (Wildman–Crippen MR) is 118 cm³/mol. The fourth-order valence-corrected chi connectivity index (χ4v) is 4.35. The molecule has 4 heterocycles. The van der Waals surface area contributed by atoms with Crippen molar-refractivity contribution >= 4 is 27.9 Å². The summed E-state index contributed by atoms with van der Waals surface area (Å²) in [5.41, 5.74) is 4.19. The van der Waals surface area contributed by atoms with Gasteiger partial charge in [0, 0.05) is 54.9 Å². The van der Waals surface area contributed by atoms with Crippen molar-refractivity contribution in [2.75, 3.05) is 18.0 Å². The van der Waals surface area contributed by atoms with E-state index in [1.54, 1.807) is 10.9 Å². The van der Waals surface area contributed by atoms with Gasteiger partial charge in [0.1, 0.15) is 17.1 Å². The summed E-state index contributed by atoms with van der Waals surface area (Å²) in [6.45, 7) is 8.02. The quantitative estimate of drug-likeness (QED) is 0.532. The van der Waals surface area contributed by atoms with Crippen LogP contribution in [0.15, 0.2) is 30.6 Å². The first-order valence-electron chi connectivity index (χ1n) is 10.2. The van der Waals surface area contributed by atoms with Crippen LogP contribution in [-0.4, -0.2) is 55.0 Å². The van der Waals surface area contributed by atoms with Crippen LogP contribution in [-0.2, 0) is 7.05 Å². The molecule has 0 bridgehead atoms. The number of anilines is 1. The molecule has 0 amide bonds. The number of aromatic hydroxyl groups is 1. The van der Waals surface area contributed by atoms with E-state index in [2.05, 4.69) is 39.1 Å². The summed E-state index contributed by atoms with van der Waals surface area (Å²) < 4.78 is 1.75. The third-order valence-corrected chi connectivity index (χ3v) is 5.67. The van der Waals surface area contributed by atoms with Crippen LogP contribution in [0.3, 0.4) is 0 Å². The summed E-state index contributed by atoms with van der Waals surface area (Å²) in [5.74, 6) is 1.06. The number of nitrogens with zero attached hydrogens (tertiary/aromatic N) is 6. The van der Waals surface area contributed by atoms with Crippen molar-refractivity contribution < 1.29 is 5.11 Å².